The lowest BCUT2D eigenvalue weighted by Crippen LogP contribution is -2.39. The minimum absolute atomic E-state index is 0.0241. The molecule has 4 heterocycles. The highest BCUT2D eigenvalue weighted by Crippen LogP contribution is 2.38. The van der Waals surface area contributed by atoms with E-state index in [2.05, 4.69) is 5.10 Å². The molecule has 0 N–H and O–H groups in total. The zero-order valence-electron chi connectivity index (χ0n) is 19.3. The topological polar surface area (TPSA) is 67.7 Å². The minimum Gasteiger partial charge on any atom is -0.493 e. The van der Waals surface area contributed by atoms with Crippen molar-refractivity contribution in [2.24, 2.45) is 0 Å². The van der Waals surface area contributed by atoms with E-state index in [0.717, 1.165) is 28.8 Å². The maximum Gasteiger partial charge on any atom is 0.435 e. The fraction of sp³-hybridized carbons (Fsp3) is 0.346. The predicted octanol–water partition coefficient (Wildman–Crippen LogP) is 4.55. The smallest absolute Gasteiger partial charge is 0.435 e. The predicted molar refractivity (Wildman–Crippen MR) is 126 cm³/mol. The Kier molecular flexibility index (Phi) is 5.27. The van der Waals surface area contributed by atoms with E-state index in [1.54, 1.807) is 47.4 Å². The molecule has 0 radical (unpaired) electrons. The van der Waals surface area contributed by atoms with Gasteiger partial charge in [-0.25, -0.2) is 4.68 Å². The first-order valence-electron chi connectivity index (χ1n) is 12.0. The molecule has 1 fully saturated rings. The van der Waals surface area contributed by atoms with E-state index in [1.807, 2.05) is 0 Å². The van der Waals surface area contributed by atoms with Crippen LogP contribution in [0.25, 0.3) is 5.69 Å². The van der Waals surface area contributed by atoms with Crippen molar-refractivity contribution in [3.8, 4) is 11.4 Å². The fourth-order valence-corrected chi connectivity index (χ4v) is 5.22. The molecule has 0 bridgehead atoms. The largest absolute Gasteiger partial charge is 0.493 e. The first kappa shape index (κ1) is 22.6. The second kappa shape index (κ2) is 8.39. The summed E-state index contributed by atoms with van der Waals surface area (Å²) >= 11 is 0. The zero-order chi connectivity index (χ0) is 25.0. The highest BCUT2D eigenvalue weighted by molar-refractivity contribution is 6.08. The van der Waals surface area contributed by atoms with Gasteiger partial charge in [0.2, 0.25) is 5.91 Å². The molecule has 10 heteroatoms. The summed E-state index contributed by atoms with van der Waals surface area (Å²) in [6.07, 6.45) is -1.69. The molecule has 0 unspecified atom stereocenters. The van der Waals surface area contributed by atoms with Crippen LogP contribution in [-0.2, 0) is 23.8 Å². The number of hydrogen-bond donors (Lipinski definition) is 0. The van der Waals surface area contributed by atoms with Crippen molar-refractivity contribution in [2.75, 3.05) is 29.5 Å². The van der Waals surface area contributed by atoms with Crippen molar-refractivity contribution < 1.29 is 27.5 Å². The maximum atomic E-state index is 13.9. The van der Waals surface area contributed by atoms with Gasteiger partial charge in [-0.2, -0.15) is 18.3 Å². The van der Waals surface area contributed by atoms with Gasteiger partial charge in [-0.15, -0.1) is 0 Å². The summed E-state index contributed by atoms with van der Waals surface area (Å²) in [6.45, 7) is 1.26. The van der Waals surface area contributed by atoms with Gasteiger partial charge in [0.05, 0.1) is 12.3 Å². The van der Waals surface area contributed by atoms with Crippen LogP contribution >= 0.6 is 0 Å². The second-order valence-electron chi connectivity index (χ2n) is 9.20. The van der Waals surface area contributed by atoms with E-state index in [9.17, 15) is 22.8 Å². The molecule has 0 saturated carbocycles. The number of carbonyl (C=O) groups is 2. The van der Waals surface area contributed by atoms with Crippen LogP contribution in [0.15, 0.2) is 42.5 Å². The molecule has 0 spiro atoms. The van der Waals surface area contributed by atoms with Crippen LogP contribution in [0.3, 0.4) is 0 Å². The number of amides is 2. The van der Waals surface area contributed by atoms with Crippen LogP contribution in [0.5, 0.6) is 5.75 Å². The Morgan fingerprint density at radius 1 is 0.833 bits per heavy atom. The Balaban J connectivity index is 1.37. The van der Waals surface area contributed by atoms with Gasteiger partial charge in [-0.3, -0.25) is 9.59 Å². The van der Waals surface area contributed by atoms with E-state index in [4.69, 9.17) is 4.74 Å². The average Bonchev–Trinajstić information content (AvgIpc) is 3.49. The van der Waals surface area contributed by atoms with Crippen molar-refractivity contribution in [1.29, 1.82) is 0 Å². The van der Waals surface area contributed by atoms with Crippen LogP contribution in [0, 0.1) is 0 Å². The lowest BCUT2D eigenvalue weighted by molar-refractivity contribution is -0.142. The number of ether oxygens (including phenoxy) is 1. The molecule has 7 nitrogen and oxygen atoms in total. The Morgan fingerprint density at radius 3 is 2.28 bits per heavy atom. The third-order valence-electron chi connectivity index (χ3n) is 7.00. The van der Waals surface area contributed by atoms with E-state index < -0.39 is 17.8 Å². The standard InChI is InChI=1S/C26H23F3N4O3/c27-26(28,29)24-20-10-13-32(18-6-4-17(5-7-18)31-12-2-1-3-22(31)34)25(35)23(20)33(30-24)19-8-9-21-16(15-19)11-14-36-21/h4-9,15H,1-3,10-14H2. The lowest BCUT2D eigenvalue weighted by Gasteiger charge is -2.30. The number of nitrogens with zero attached hydrogens (tertiary/aromatic N) is 4. The number of carbonyl (C=O) groups excluding carboxylic acids is 2. The molecular weight excluding hydrogens is 473 g/mol. The van der Waals surface area contributed by atoms with Crippen LogP contribution in [0.1, 0.15) is 46.6 Å². The molecule has 3 aliphatic heterocycles. The minimum atomic E-state index is -4.68. The average molecular weight is 496 g/mol. The molecule has 2 aromatic carbocycles. The Labute approximate surface area is 205 Å². The summed E-state index contributed by atoms with van der Waals surface area (Å²) in [5.74, 6) is 0.213. The number of fused-ring (bicyclic) bond motifs is 2. The van der Waals surface area contributed by atoms with Crippen molar-refractivity contribution >= 4 is 23.2 Å². The van der Waals surface area contributed by atoms with Gasteiger partial charge in [-0.05, 0) is 67.3 Å². The normalized spacial score (nSPS) is 17.8. The molecule has 36 heavy (non-hydrogen) atoms. The first-order chi connectivity index (χ1) is 17.3. The monoisotopic (exact) mass is 496 g/mol. The molecule has 0 aliphatic carbocycles. The third kappa shape index (κ3) is 3.71. The summed E-state index contributed by atoms with van der Waals surface area (Å²) in [4.78, 5) is 29.1. The highest BCUT2D eigenvalue weighted by Gasteiger charge is 2.43. The molecule has 2 amide bonds. The highest BCUT2D eigenvalue weighted by atomic mass is 19.4. The van der Waals surface area contributed by atoms with Gasteiger partial charge in [0.1, 0.15) is 11.4 Å². The number of alkyl halides is 3. The Morgan fingerprint density at radius 2 is 1.56 bits per heavy atom. The van der Waals surface area contributed by atoms with Crippen LogP contribution in [0.2, 0.25) is 0 Å². The van der Waals surface area contributed by atoms with Gasteiger partial charge >= 0.3 is 6.18 Å². The lowest BCUT2D eigenvalue weighted by atomic mass is 10.0. The number of piperidine rings is 1. The van der Waals surface area contributed by atoms with Gasteiger partial charge in [0.25, 0.3) is 5.91 Å². The van der Waals surface area contributed by atoms with Crippen molar-refractivity contribution in [2.45, 2.75) is 38.3 Å². The molecule has 3 aliphatic rings. The summed E-state index contributed by atoms with van der Waals surface area (Å²) in [5, 5.41) is 3.88. The van der Waals surface area contributed by atoms with Crippen LogP contribution in [-0.4, -0.2) is 41.3 Å². The fourth-order valence-electron chi connectivity index (χ4n) is 5.22. The number of rotatable bonds is 3. The molecule has 0 atom stereocenters. The van der Waals surface area contributed by atoms with E-state index >= 15 is 0 Å². The molecule has 1 aromatic heterocycles. The number of aromatic nitrogens is 2. The van der Waals surface area contributed by atoms with Crippen LogP contribution < -0.4 is 14.5 Å². The van der Waals surface area contributed by atoms with Gasteiger partial charge < -0.3 is 14.5 Å². The molecule has 1 saturated heterocycles. The Bertz CT molecular complexity index is 1360. The van der Waals surface area contributed by atoms with Crippen molar-refractivity contribution in [3.63, 3.8) is 0 Å². The molecule has 3 aromatic rings. The summed E-state index contributed by atoms with van der Waals surface area (Å²) in [7, 11) is 0. The van der Waals surface area contributed by atoms with E-state index in [-0.39, 0.29) is 30.1 Å². The third-order valence-corrected chi connectivity index (χ3v) is 7.00. The maximum absolute atomic E-state index is 13.9. The van der Waals surface area contributed by atoms with Gasteiger partial charge in [0, 0.05) is 42.9 Å². The SMILES string of the molecule is O=C1CCCCN1c1ccc(N2CCc3c(C(F)(F)F)nn(-c4ccc5c(c4)CCO5)c3C2=O)cc1. The molecule has 186 valence electrons. The zero-order valence-corrected chi connectivity index (χ0v) is 19.3. The van der Waals surface area contributed by atoms with E-state index in [1.165, 1.54) is 4.90 Å². The summed E-state index contributed by atoms with van der Waals surface area (Å²) in [5.41, 5.74) is 1.37. The number of halogens is 3. The van der Waals surface area contributed by atoms with Crippen LogP contribution in [0.4, 0.5) is 24.5 Å². The summed E-state index contributed by atoms with van der Waals surface area (Å²) in [6, 6.07) is 12.1. The molecular formula is C26H23F3N4O3. The van der Waals surface area contributed by atoms with Gasteiger partial charge in [0.15, 0.2) is 5.69 Å². The second-order valence-corrected chi connectivity index (χ2v) is 9.20. The van der Waals surface area contributed by atoms with Crippen molar-refractivity contribution in [3.05, 3.63) is 65.0 Å². The number of anilines is 2. The van der Waals surface area contributed by atoms with Gasteiger partial charge in [-0.1, -0.05) is 0 Å². The number of hydrogen-bond acceptors (Lipinski definition) is 4. The Hall–Kier alpha value is -3.82. The van der Waals surface area contributed by atoms with E-state index in [0.29, 0.717) is 43.1 Å². The quantitative estimate of drug-likeness (QED) is 0.534. The summed E-state index contributed by atoms with van der Waals surface area (Å²) < 4.78 is 48.2. The number of benzene rings is 2. The first-order valence-corrected chi connectivity index (χ1v) is 12.0. The molecule has 6 rings (SSSR count). The van der Waals surface area contributed by atoms with Crippen molar-refractivity contribution in [1.82, 2.24) is 9.78 Å².